The number of ether oxygens (including phenoxy) is 1. The highest BCUT2D eigenvalue weighted by atomic mass is 16.5. The van der Waals surface area contributed by atoms with Crippen LogP contribution in [-0.2, 0) is 9.53 Å². The molecule has 3 fully saturated rings. The van der Waals surface area contributed by atoms with Crippen molar-refractivity contribution >= 4 is 5.97 Å². The van der Waals surface area contributed by atoms with E-state index in [-0.39, 0.29) is 16.8 Å². The Morgan fingerprint density at radius 1 is 1.55 bits per heavy atom. The van der Waals surface area contributed by atoms with Crippen LogP contribution in [0, 0.1) is 22.2 Å². The minimum atomic E-state index is -0.246. The van der Waals surface area contributed by atoms with Gasteiger partial charge >= 0.3 is 5.97 Å². The van der Waals surface area contributed by atoms with Gasteiger partial charge in [0.15, 0.2) is 0 Å². The molecule has 0 aliphatic heterocycles. The van der Waals surface area contributed by atoms with Gasteiger partial charge in [-0.15, -0.1) is 0 Å². The number of hydrogen-bond acceptors (Lipinski definition) is 3. The molecular formula is C8H9NO2. The molecule has 0 aromatic carbocycles. The molecule has 3 rings (SSSR count). The SMILES string of the molecule is COC(=O)C12CC(C#N)(C1)C2. The van der Waals surface area contributed by atoms with Gasteiger partial charge in [-0.2, -0.15) is 5.26 Å². The van der Waals surface area contributed by atoms with Crippen molar-refractivity contribution in [1.29, 1.82) is 5.26 Å². The average Bonchev–Trinajstić information content (AvgIpc) is 1.83. The minimum absolute atomic E-state index is 0.130. The predicted molar refractivity (Wildman–Crippen MR) is 36.3 cm³/mol. The van der Waals surface area contributed by atoms with Crippen LogP contribution < -0.4 is 0 Å². The van der Waals surface area contributed by atoms with Gasteiger partial charge < -0.3 is 4.74 Å². The average molecular weight is 151 g/mol. The molecule has 11 heavy (non-hydrogen) atoms. The summed E-state index contributed by atoms with van der Waals surface area (Å²) in [4.78, 5) is 11.1. The lowest BCUT2D eigenvalue weighted by Crippen LogP contribution is -2.64. The van der Waals surface area contributed by atoms with E-state index in [0.717, 1.165) is 19.3 Å². The van der Waals surface area contributed by atoms with Crippen LogP contribution >= 0.6 is 0 Å². The smallest absolute Gasteiger partial charge is 0.311 e. The molecule has 0 spiro atoms. The molecule has 0 amide bonds. The number of methoxy groups -OCH3 is 1. The number of hydrogen-bond donors (Lipinski definition) is 0. The van der Waals surface area contributed by atoms with Crippen LogP contribution in [0.25, 0.3) is 0 Å². The van der Waals surface area contributed by atoms with Gasteiger partial charge in [0.1, 0.15) is 0 Å². The Morgan fingerprint density at radius 3 is 2.45 bits per heavy atom. The molecule has 0 unspecified atom stereocenters. The summed E-state index contributed by atoms with van der Waals surface area (Å²) >= 11 is 0. The van der Waals surface area contributed by atoms with Gasteiger partial charge in [-0.1, -0.05) is 0 Å². The third-order valence-electron chi connectivity index (χ3n) is 2.89. The van der Waals surface area contributed by atoms with Crippen LogP contribution in [0.1, 0.15) is 19.3 Å². The highest BCUT2D eigenvalue weighted by Crippen LogP contribution is 2.73. The fourth-order valence-electron chi connectivity index (χ4n) is 2.34. The highest BCUT2D eigenvalue weighted by Gasteiger charge is 2.73. The van der Waals surface area contributed by atoms with Gasteiger partial charge in [-0.3, -0.25) is 4.79 Å². The molecule has 3 aliphatic rings. The quantitative estimate of drug-likeness (QED) is 0.522. The zero-order chi connectivity index (χ0) is 8.11. The Bertz CT molecular complexity index is 244. The Morgan fingerprint density at radius 2 is 2.09 bits per heavy atom. The van der Waals surface area contributed by atoms with E-state index in [1.54, 1.807) is 0 Å². The largest absolute Gasteiger partial charge is 0.469 e. The molecule has 0 aromatic heterocycles. The number of rotatable bonds is 1. The summed E-state index contributed by atoms with van der Waals surface area (Å²) in [7, 11) is 1.40. The van der Waals surface area contributed by atoms with Crippen molar-refractivity contribution in [3.8, 4) is 6.07 Å². The molecule has 0 heterocycles. The van der Waals surface area contributed by atoms with Gasteiger partial charge in [0, 0.05) is 0 Å². The van der Waals surface area contributed by atoms with E-state index in [0.29, 0.717) is 0 Å². The first-order valence-corrected chi connectivity index (χ1v) is 3.66. The van der Waals surface area contributed by atoms with Crippen molar-refractivity contribution in [3.63, 3.8) is 0 Å². The first-order valence-electron chi connectivity index (χ1n) is 3.66. The molecule has 0 aromatic rings. The topological polar surface area (TPSA) is 50.1 Å². The summed E-state index contributed by atoms with van der Waals surface area (Å²) in [6.45, 7) is 0. The fourth-order valence-corrected chi connectivity index (χ4v) is 2.34. The van der Waals surface area contributed by atoms with E-state index in [2.05, 4.69) is 10.8 Å². The Kier molecular flexibility index (Phi) is 0.956. The molecule has 0 radical (unpaired) electrons. The third-order valence-corrected chi connectivity index (χ3v) is 2.89. The highest BCUT2D eigenvalue weighted by molar-refractivity contribution is 5.81. The maximum Gasteiger partial charge on any atom is 0.311 e. The molecule has 0 N–H and O–H groups in total. The fraction of sp³-hybridized carbons (Fsp3) is 0.750. The summed E-state index contributed by atoms with van der Waals surface area (Å²) in [5, 5.41) is 8.65. The second-order valence-corrected chi connectivity index (χ2v) is 3.69. The summed E-state index contributed by atoms with van der Waals surface area (Å²) in [5.41, 5.74) is -0.390. The number of carbonyl (C=O) groups excluding carboxylic acids is 1. The molecule has 3 nitrogen and oxygen atoms in total. The minimum Gasteiger partial charge on any atom is -0.469 e. The zero-order valence-electron chi connectivity index (χ0n) is 6.39. The molecule has 3 heteroatoms. The monoisotopic (exact) mass is 151 g/mol. The zero-order valence-corrected chi connectivity index (χ0v) is 6.39. The predicted octanol–water partition coefficient (Wildman–Crippen LogP) is 0.853. The van der Waals surface area contributed by atoms with Crippen molar-refractivity contribution in [2.45, 2.75) is 19.3 Å². The first-order chi connectivity index (χ1) is 5.16. The van der Waals surface area contributed by atoms with Crippen LogP contribution in [0.5, 0.6) is 0 Å². The van der Waals surface area contributed by atoms with E-state index >= 15 is 0 Å². The normalized spacial score (nSPS) is 44.7. The van der Waals surface area contributed by atoms with Gasteiger partial charge in [0.05, 0.1) is 24.0 Å². The van der Waals surface area contributed by atoms with E-state index in [4.69, 9.17) is 5.26 Å². The van der Waals surface area contributed by atoms with Crippen molar-refractivity contribution in [3.05, 3.63) is 0 Å². The molecule has 3 saturated carbocycles. The van der Waals surface area contributed by atoms with Crippen LogP contribution in [0.15, 0.2) is 0 Å². The summed E-state index contributed by atoms with van der Waals surface area (Å²) in [5.74, 6) is -0.130. The molecule has 0 saturated heterocycles. The molecule has 58 valence electrons. The van der Waals surface area contributed by atoms with Gasteiger partial charge in [-0.05, 0) is 19.3 Å². The van der Waals surface area contributed by atoms with Crippen molar-refractivity contribution in [1.82, 2.24) is 0 Å². The van der Waals surface area contributed by atoms with E-state index in [9.17, 15) is 4.79 Å². The van der Waals surface area contributed by atoms with E-state index in [1.807, 2.05) is 0 Å². The van der Waals surface area contributed by atoms with Crippen LogP contribution in [-0.4, -0.2) is 13.1 Å². The van der Waals surface area contributed by atoms with Crippen LogP contribution in [0.4, 0.5) is 0 Å². The summed E-state index contributed by atoms with van der Waals surface area (Å²) < 4.78 is 4.64. The van der Waals surface area contributed by atoms with Gasteiger partial charge in [-0.25, -0.2) is 0 Å². The second-order valence-electron chi connectivity index (χ2n) is 3.69. The molecule has 2 bridgehead atoms. The lowest BCUT2D eigenvalue weighted by molar-refractivity contribution is -0.206. The maximum atomic E-state index is 11.1. The number of esters is 1. The van der Waals surface area contributed by atoms with Crippen molar-refractivity contribution in [2.75, 3.05) is 7.11 Å². The second kappa shape index (κ2) is 1.58. The van der Waals surface area contributed by atoms with Crippen molar-refractivity contribution in [2.24, 2.45) is 10.8 Å². The Balaban J connectivity index is 2.05. The number of nitriles is 1. The maximum absolute atomic E-state index is 11.1. The lowest BCUT2D eigenvalue weighted by atomic mass is 9.36. The van der Waals surface area contributed by atoms with Crippen LogP contribution in [0.2, 0.25) is 0 Å². The van der Waals surface area contributed by atoms with Crippen molar-refractivity contribution < 1.29 is 9.53 Å². The Labute approximate surface area is 64.9 Å². The summed E-state index contributed by atoms with van der Waals surface area (Å²) in [6.07, 6.45) is 2.18. The van der Waals surface area contributed by atoms with Gasteiger partial charge in [0.2, 0.25) is 0 Å². The number of carbonyl (C=O) groups is 1. The summed E-state index contributed by atoms with van der Waals surface area (Å²) in [6, 6.07) is 2.24. The first kappa shape index (κ1) is 6.66. The van der Waals surface area contributed by atoms with Gasteiger partial charge in [0.25, 0.3) is 0 Å². The molecule has 0 atom stereocenters. The van der Waals surface area contributed by atoms with E-state index in [1.165, 1.54) is 7.11 Å². The standard InChI is InChI=1S/C8H9NO2/c1-11-6(10)8-2-7(3-8,4-8)5-9/h2-4H2,1H3. The van der Waals surface area contributed by atoms with Crippen LogP contribution in [0.3, 0.4) is 0 Å². The lowest BCUT2D eigenvalue weighted by Gasteiger charge is -2.64. The van der Waals surface area contributed by atoms with E-state index < -0.39 is 0 Å². The molecule has 3 aliphatic carbocycles. The Hall–Kier alpha value is -1.04. The molecular weight excluding hydrogens is 142 g/mol. The number of nitrogens with zero attached hydrogens (tertiary/aromatic N) is 1. The third kappa shape index (κ3) is 0.555.